The van der Waals surface area contributed by atoms with Gasteiger partial charge in [0.25, 0.3) is 0 Å². The summed E-state index contributed by atoms with van der Waals surface area (Å²) in [5.74, 6) is -0.475. The highest BCUT2D eigenvalue weighted by Gasteiger charge is 2.24. The lowest BCUT2D eigenvalue weighted by Gasteiger charge is -2.20. The van der Waals surface area contributed by atoms with Crippen LogP contribution in [0, 0.1) is 19.8 Å². The summed E-state index contributed by atoms with van der Waals surface area (Å²) in [5.41, 5.74) is 0.910. The minimum Gasteiger partial charge on any atom is -0.478 e. The summed E-state index contributed by atoms with van der Waals surface area (Å²) in [4.78, 5) is 24.3. The average molecular weight is 310 g/mol. The van der Waals surface area contributed by atoms with E-state index in [1.807, 2.05) is 13.8 Å². The van der Waals surface area contributed by atoms with E-state index < -0.39 is 5.97 Å². The molecule has 6 heteroatoms. The molecule has 116 valence electrons. The van der Waals surface area contributed by atoms with E-state index in [1.54, 1.807) is 6.92 Å². The number of hydrogen-bond donors (Lipinski definition) is 3. The van der Waals surface area contributed by atoms with E-state index in [0.717, 1.165) is 17.7 Å². The first kappa shape index (κ1) is 15.8. The van der Waals surface area contributed by atoms with Gasteiger partial charge >= 0.3 is 12.0 Å². The zero-order valence-electron chi connectivity index (χ0n) is 12.7. The quantitative estimate of drug-likeness (QED) is 0.792. The number of nitrogens with one attached hydrogen (secondary N) is 2. The lowest BCUT2D eigenvalue weighted by molar-refractivity contribution is 0.0697. The Labute approximate surface area is 128 Å². The fraction of sp³-hybridized carbons (Fsp3) is 0.600. The van der Waals surface area contributed by atoms with E-state index in [4.69, 9.17) is 0 Å². The highest BCUT2D eigenvalue weighted by molar-refractivity contribution is 7.16. The van der Waals surface area contributed by atoms with Crippen LogP contribution in [0.4, 0.5) is 9.80 Å². The number of amides is 2. The molecular weight excluding hydrogens is 288 g/mol. The van der Waals surface area contributed by atoms with E-state index >= 15 is 0 Å². The molecule has 5 nitrogen and oxygen atoms in total. The number of carboxylic acid groups (broad SMARTS) is 1. The molecular formula is C15H22N2O3S. The van der Waals surface area contributed by atoms with Crippen LogP contribution < -0.4 is 10.6 Å². The van der Waals surface area contributed by atoms with Crippen LogP contribution in [0.5, 0.6) is 0 Å². The zero-order valence-corrected chi connectivity index (χ0v) is 13.5. The average Bonchev–Trinajstić information content (AvgIpc) is 2.99. The molecule has 1 aromatic rings. The molecule has 1 fully saturated rings. The van der Waals surface area contributed by atoms with E-state index in [1.165, 1.54) is 24.2 Å². The maximum absolute atomic E-state index is 12.1. The second-order valence-electron chi connectivity index (χ2n) is 5.72. The Morgan fingerprint density at radius 2 is 1.90 bits per heavy atom. The summed E-state index contributed by atoms with van der Waals surface area (Å²) in [7, 11) is 0. The van der Waals surface area contributed by atoms with Gasteiger partial charge in [0.2, 0.25) is 0 Å². The van der Waals surface area contributed by atoms with Crippen LogP contribution >= 0.6 is 11.3 Å². The van der Waals surface area contributed by atoms with Gasteiger partial charge in [-0.25, -0.2) is 9.59 Å². The Balaban J connectivity index is 2.02. The molecule has 2 rings (SSSR count). The van der Waals surface area contributed by atoms with Crippen molar-refractivity contribution in [2.45, 2.75) is 52.5 Å². The standard InChI is InChI=1S/C15H22N2O3S/c1-8-10(3)21-13(12(8)14(18)19)17-15(20)16-9(2)11-6-4-5-7-11/h9,11H,4-7H2,1-3H3,(H,18,19)(H2,16,17,20)/t9-/m0/s1. The van der Waals surface area contributed by atoms with E-state index in [0.29, 0.717) is 16.5 Å². The fourth-order valence-corrected chi connectivity index (χ4v) is 3.94. The minimum atomic E-state index is -1.00. The molecule has 3 N–H and O–H groups in total. The number of carbonyl (C=O) groups excluding carboxylic acids is 1. The number of hydrogen-bond acceptors (Lipinski definition) is 3. The van der Waals surface area contributed by atoms with E-state index in [2.05, 4.69) is 10.6 Å². The predicted molar refractivity (Wildman–Crippen MR) is 84.3 cm³/mol. The molecule has 0 radical (unpaired) electrons. The Hall–Kier alpha value is -1.56. The molecule has 0 spiro atoms. The summed E-state index contributed by atoms with van der Waals surface area (Å²) >= 11 is 1.30. The number of aryl methyl sites for hydroxylation is 1. The highest BCUT2D eigenvalue weighted by Crippen LogP contribution is 2.32. The van der Waals surface area contributed by atoms with Crippen molar-refractivity contribution in [3.8, 4) is 0 Å². The smallest absolute Gasteiger partial charge is 0.338 e. The Bertz CT molecular complexity index is 547. The van der Waals surface area contributed by atoms with Gasteiger partial charge in [0.05, 0.1) is 5.56 Å². The normalized spacial score (nSPS) is 16.7. The lowest BCUT2D eigenvalue weighted by Crippen LogP contribution is -2.39. The van der Waals surface area contributed by atoms with Crippen LogP contribution in [-0.2, 0) is 0 Å². The summed E-state index contributed by atoms with van der Waals surface area (Å²) in [5, 5.41) is 15.3. The maximum atomic E-state index is 12.1. The zero-order chi connectivity index (χ0) is 15.6. The minimum absolute atomic E-state index is 0.114. The van der Waals surface area contributed by atoms with Crippen molar-refractivity contribution in [3.05, 3.63) is 16.0 Å². The second-order valence-corrected chi connectivity index (χ2v) is 6.95. The first-order chi connectivity index (χ1) is 9.90. The summed E-state index contributed by atoms with van der Waals surface area (Å²) < 4.78 is 0. The number of carbonyl (C=O) groups is 2. The number of thiophene rings is 1. The first-order valence-corrected chi connectivity index (χ1v) is 8.12. The molecule has 1 atom stereocenters. The van der Waals surface area contributed by atoms with Gasteiger partial charge in [-0.05, 0) is 45.1 Å². The lowest BCUT2D eigenvalue weighted by atomic mass is 10.0. The Kier molecular flexibility index (Phi) is 4.88. The van der Waals surface area contributed by atoms with Gasteiger partial charge in [-0.15, -0.1) is 11.3 Å². The number of anilines is 1. The van der Waals surface area contributed by atoms with Gasteiger partial charge in [0, 0.05) is 10.9 Å². The van der Waals surface area contributed by atoms with Crippen molar-refractivity contribution in [2.24, 2.45) is 5.92 Å². The van der Waals surface area contributed by atoms with Crippen molar-refractivity contribution in [2.75, 3.05) is 5.32 Å². The van der Waals surface area contributed by atoms with Crippen molar-refractivity contribution in [1.29, 1.82) is 0 Å². The second kappa shape index (κ2) is 6.47. The van der Waals surface area contributed by atoms with Gasteiger partial charge in [0.15, 0.2) is 0 Å². The molecule has 1 aromatic heterocycles. The molecule has 0 aromatic carbocycles. The molecule has 1 heterocycles. The van der Waals surface area contributed by atoms with Crippen LogP contribution in [0.25, 0.3) is 0 Å². The van der Waals surface area contributed by atoms with Crippen LogP contribution in [-0.4, -0.2) is 23.1 Å². The highest BCUT2D eigenvalue weighted by atomic mass is 32.1. The van der Waals surface area contributed by atoms with Crippen LogP contribution in [0.3, 0.4) is 0 Å². The van der Waals surface area contributed by atoms with Gasteiger partial charge < -0.3 is 10.4 Å². The van der Waals surface area contributed by atoms with Crippen molar-refractivity contribution in [3.63, 3.8) is 0 Å². The number of urea groups is 1. The van der Waals surface area contributed by atoms with Crippen molar-refractivity contribution < 1.29 is 14.7 Å². The number of rotatable bonds is 4. The monoisotopic (exact) mass is 310 g/mol. The first-order valence-electron chi connectivity index (χ1n) is 7.31. The third-order valence-corrected chi connectivity index (χ3v) is 5.41. The molecule has 2 amide bonds. The molecule has 0 unspecified atom stereocenters. The Morgan fingerprint density at radius 3 is 2.48 bits per heavy atom. The van der Waals surface area contributed by atoms with Crippen LogP contribution in [0.2, 0.25) is 0 Å². The molecule has 1 aliphatic rings. The molecule has 1 saturated carbocycles. The van der Waals surface area contributed by atoms with E-state index in [-0.39, 0.29) is 17.6 Å². The SMILES string of the molecule is Cc1sc(NC(=O)N[C@@H](C)C2CCCC2)c(C(=O)O)c1C. The van der Waals surface area contributed by atoms with Crippen LogP contribution in [0.1, 0.15) is 53.4 Å². The van der Waals surface area contributed by atoms with Gasteiger partial charge in [-0.2, -0.15) is 0 Å². The maximum Gasteiger partial charge on any atom is 0.338 e. The number of aromatic carboxylic acids is 1. The van der Waals surface area contributed by atoms with E-state index in [9.17, 15) is 14.7 Å². The molecule has 0 saturated heterocycles. The topological polar surface area (TPSA) is 78.4 Å². The third kappa shape index (κ3) is 3.56. The Morgan fingerprint density at radius 1 is 1.29 bits per heavy atom. The summed E-state index contributed by atoms with van der Waals surface area (Å²) in [6.07, 6.45) is 4.76. The fourth-order valence-electron chi connectivity index (χ4n) is 2.89. The summed E-state index contributed by atoms with van der Waals surface area (Å²) in [6.45, 7) is 5.63. The predicted octanol–water partition coefficient (Wildman–Crippen LogP) is 3.76. The molecule has 0 bridgehead atoms. The number of carboxylic acids is 1. The molecule has 0 aliphatic heterocycles. The van der Waals surface area contributed by atoms with Gasteiger partial charge in [-0.3, -0.25) is 5.32 Å². The largest absolute Gasteiger partial charge is 0.478 e. The summed E-state index contributed by atoms with van der Waals surface area (Å²) in [6, 6.07) is -0.207. The molecule has 1 aliphatic carbocycles. The van der Waals surface area contributed by atoms with Crippen LogP contribution in [0.15, 0.2) is 0 Å². The third-order valence-electron chi connectivity index (χ3n) is 4.29. The molecule has 21 heavy (non-hydrogen) atoms. The van der Waals surface area contributed by atoms with Crippen molar-refractivity contribution >= 4 is 28.3 Å². The van der Waals surface area contributed by atoms with Gasteiger partial charge in [-0.1, -0.05) is 12.8 Å². The van der Waals surface area contributed by atoms with Gasteiger partial charge in [0.1, 0.15) is 5.00 Å². The van der Waals surface area contributed by atoms with Crippen molar-refractivity contribution in [1.82, 2.24) is 5.32 Å².